The van der Waals surface area contributed by atoms with E-state index in [-0.39, 0.29) is 25.3 Å². The molecule has 0 bridgehead atoms. The van der Waals surface area contributed by atoms with Crippen LogP contribution in [0.25, 0.3) is 0 Å². The number of aliphatic hydroxyl groups excluding tert-OH is 1. The van der Waals surface area contributed by atoms with Gasteiger partial charge in [-0.25, -0.2) is 13.1 Å². The fraction of sp³-hybridized carbons (Fsp3) is 0.444. The van der Waals surface area contributed by atoms with Gasteiger partial charge in [-0.15, -0.1) is 0 Å². The molecule has 1 rings (SSSR count). The van der Waals surface area contributed by atoms with Crippen molar-refractivity contribution >= 4 is 10.0 Å². The average Bonchev–Trinajstić information content (AvgIpc) is 2.25. The molecule has 0 saturated carbocycles. The Morgan fingerprint density at radius 3 is 2.87 bits per heavy atom. The highest BCUT2D eigenvalue weighted by Gasteiger charge is 2.08. The van der Waals surface area contributed by atoms with E-state index in [1.54, 1.807) is 24.5 Å². The maximum Gasteiger partial charge on any atom is 0.211 e. The molecule has 84 valence electrons. The van der Waals surface area contributed by atoms with Crippen LogP contribution in [-0.2, 0) is 16.6 Å². The molecule has 0 fully saturated rings. The van der Waals surface area contributed by atoms with Crippen molar-refractivity contribution in [2.75, 3.05) is 12.4 Å². The Hall–Kier alpha value is -0.980. The van der Waals surface area contributed by atoms with Crippen LogP contribution in [0, 0.1) is 0 Å². The quantitative estimate of drug-likeness (QED) is 0.714. The summed E-state index contributed by atoms with van der Waals surface area (Å²) >= 11 is 0. The Balaban J connectivity index is 2.43. The van der Waals surface area contributed by atoms with Gasteiger partial charge in [0.2, 0.25) is 10.0 Å². The Morgan fingerprint density at radius 2 is 2.27 bits per heavy atom. The fourth-order valence-corrected chi connectivity index (χ4v) is 2.06. The number of rotatable bonds is 6. The standard InChI is InChI=1S/C9H14N2O3S/c12-5-2-6-15(13,14)11-8-9-3-1-4-10-7-9/h1,3-4,7,11-12H,2,5-6,8H2. The molecule has 1 heterocycles. The van der Waals surface area contributed by atoms with Crippen LogP contribution >= 0.6 is 0 Å². The fourth-order valence-electron chi connectivity index (χ4n) is 1.02. The lowest BCUT2D eigenvalue weighted by Crippen LogP contribution is -2.26. The van der Waals surface area contributed by atoms with Crippen LogP contribution < -0.4 is 4.72 Å². The highest BCUT2D eigenvalue weighted by molar-refractivity contribution is 7.89. The van der Waals surface area contributed by atoms with Crippen LogP contribution in [0.5, 0.6) is 0 Å². The van der Waals surface area contributed by atoms with Crippen molar-refractivity contribution in [2.45, 2.75) is 13.0 Å². The van der Waals surface area contributed by atoms with Gasteiger partial charge in [0, 0.05) is 25.5 Å². The molecule has 0 aliphatic carbocycles. The maximum atomic E-state index is 11.3. The van der Waals surface area contributed by atoms with E-state index in [1.165, 1.54) is 0 Å². The molecule has 0 aliphatic rings. The molecule has 1 aromatic rings. The zero-order valence-corrected chi connectivity index (χ0v) is 9.07. The van der Waals surface area contributed by atoms with Gasteiger partial charge >= 0.3 is 0 Å². The molecule has 0 atom stereocenters. The lowest BCUT2D eigenvalue weighted by molar-refractivity contribution is 0.295. The van der Waals surface area contributed by atoms with Gasteiger partial charge in [-0.1, -0.05) is 6.07 Å². The number of hydrogen-bond acceptors (Lipinski definition) is 4. The minimum atomic E-state index is -3.28. The third-order valence-electron chi connectivity index (χ3n) is 1.79. The molecular formula is C9H14N2O3S. The van der Waals surface area contributed by atoms with E-state index in [0.29, 0.717) is 0 Å². The van der Waals surface area contributed by atoms with Gasteiger partial charge in [0.25, 0.3) is 0 Å². The van der Waals surface area contributed by atoms with Gasteiger partial charge in [0.05, 0.1) is 5.75 Å². The molecule has 0 aliphatic heterocycles. The van der Waals surface area contributed by atoms with Crippen LogP contribution in [-0.4, -0.2) is 30.9 Å². The first-order chi connectivity index (χ1) is 7.14. The van der Waals surface area contributed by atoms with Gasteiger partial charge < -0.3 is 5.11 Å². The average molecular weight is 230 g/mol. The predicted molar refractivity (Wildman–Crippen MR) is 56.6 cm³/mol. The summed E-state index contributed by atoms with van der Waals surface area (Å²) in [4.78, 5) is 3.87. The van der Waals surface area contributed by atoms with Crippen molar-refractivity contribution in [1.29, 1.82) is 0 Å². The van der Waals surface area contributed by atoms with Crippen molar-refractivity contribution < 1.29 is 13.5 Å². The second-order valence-electron chi connectivity index (χ2n) is 3.08. The minimum absolute atomic E-state index is 0.0518. The summed E-state index contributed by atoms with van der Waals surface area (Å²) < 4.78 is 25.1. The molecule has 1 aromatic heterocycles. The zero-order valence-electron chi connectivity index (χ0n) is 8.26. The van der Waals surface area contributed by atoms with Gasteiger partial charge in [0.1, 0.15) is 0 Å². The molecule has 2 N–H and O–H groups in total. The summed E-state index contributed by atoms with van der Waals surface area (Å²) in [6.07, 6.45) is 3.49. The van der Waals surface area contributed by atoms with Gasteiger partial charge in [-0.2, -0.15) is 0 Å². The van der Waals surface area contributed by atoms with E-state index in [4.69, 9.17) is 5.11 Å². The van der Waals surface area contributed by atoms with E-state index in [9.17, 15) is 8.42 Å². The number of nitrogens with one attached hydrogen (secondary N) is 1. The van der Waals surface area contributed by atoms with Crippen LogP contribution in [0.2, 0.25) is 0 Å². The lowest BCUT2D eigenvalue weighted by atomic mass is 10.3. The van der Waals surface area contributed by atoms with Crippen LogP contribution in [0.4, 0.5) is 0 Å². The molecule has 0 unspecified atom stereocenters. The first-order valence-electron chi connectivity index (χ1n) is 4.61. The van der Waals surface area contributed by atoms with Gasteiger partial charge in [-0.05, 0) is 18.1 Å². The van der Waals surface area contributed by atoms with Crippen LogP contribution in [0.1, 0.15) is 12.0 Å². The molecule has 0 aromatic carbocycles. The zero-order chi connectivity index (χ0) is 11.1. The van der Waals surface area contributed by atoms with E-state index in [1.807, 2.05) is 0 Å². The van der Waals surface area contributed by atoms with Crippen LogP contribution in [0.15, 0.2) is 24.5 Å². The van der Waals surface area contributed by atoms with Gasteiger partial charge in [0.15, 0.2) is 0 Å². The smallest absolute Gasteiger partial charge is 0.211 e. The monoisotopic (exact) mass is 230 g/mol. The summed E-state index contributed by atoms with van der Waals surface area (Å²) in [6, 6.07) is 3.54. The topological polar surface area (TPSA) is 79.3 Å². The number of hydrogen-bond donors (Lipinski definition) is 2. The van der Waals surface area contributed by atoms with E-state index >= 15 is 0 Å². The number of aliphatic hydroxyl groups is 1. The molecule has 15 heavy (non-hydrogen) atoms. The summed E-state index contributed by atoms with van der Waals surface area (Å²) in [6.45, 7) is 0.120. The van der Waals surface area contributed by atoms with Crippen molar-refractivity contribution in [3.05, 3.63) is 30.1 Å². The third-order valence-corrected chi connectivity index (χ3v) is 3.20. The van der Waals surface area contributed by atoms with Gasteiger partial charge in [-0.3, -0.25) is 4.98 Å². The van der Waals surface area contributed by atoms with E-state index in [0.717, 1.165) is 5.56 Å². The first-order valence-corrected chi connectivity index (χ1v) is 6.26. The van der Waals surface area contributed by atoms with Crippen molar-refractivity contribution in [3.8, 4) is 0 Å². The second-order valence-corrected chi connectivity index (χ2v) is 5.00. The molecule has 6 heteroatoms. The largest absolute Gasteiger partial charge is 0.396 e. The number of sulfonamides is 1. The highest BCUT2D eigenvalue weighted by atomic mass is 32.2. The Kier molecular flexibility index (Phi) is 4.67. The predicted octanol–water partition coefficient (Wildman–Crippen LogP) is -0.117. The minimum Gasteiger partial charge on any atom is -0.396 e. The summed E-state index contributed by atoms with van der Waals surface area (Å²) in [5.74, 6) is -0.0518. The Morgan fingerprint density at radius 1 is 1.47 bits per heavy atom. The van der Waals surface area contributed by atoms with E-state index < -0.39 is 10.0 Å². The summed E-state index contributed by atoms with van der Waals surface area (Å²) in [5.41, 5.74) is 0.810. The summed E-state index contributed by atoms with van der Waals surface area (Å²) in [5, 5.41) is 8.51. The molecule has 5 nitrogen and oxygen atoms in total. The van der Waals surface area contributed by atoms with E-state index in [2.05, 4.69) is 9.71 Å². The third kappa shape index (κ3) is 4.87. The Bertz CT molecular complexity index is 378. The molecule has 0 amide bonds. The normalized spacial score (nSPS) is 11.5. The summed E-state index contributed by atoms with van der Waals surface area (Å²) in [7, 11) is -3.28. The molecule has 0 saturated heterocycles. The maximum absolute atomic E-state index is 11.3. The van der Waals surface area contributed by atoms with Crippen molar-refractivity contribution in [2.24, 2.45) is 0 Å². The molecule has 0 spiro atoms. The second kappa shape index (κ2) is 5.79. The number of nitrogens with zero attached hydrogens (tertiary/aromatic N) is 1. The molecular weight excluding hydrogens is 216 g/mol. The lowest BCUT2D eigenvalue weighted by Gasteiger charge is -2.05. The number of aromatic nitrogens is 1. The number of pyridine rings is 1. The SMILES string of the molecule is O=S(=O)(CCCO)NCc1cccnc1. The Labute approximate surface area is 89.2 Å². The highest BCUT2D eigenvalue weighted by Crippen LogP contribution is 1.97. The first kappa shape index (κ1) is 12.1. The van der Waals surface area contributed by atoms with Crippen molar-refractivity contribution in [3.63, 3.8) is 0 Å². The van der Waals surface area contributed by atoms with Crippen molar-refractivity contribution in [1.82, 2.24) is 9.71 Å². The molecule has 0 radical (unpaired) electrons. The van der Waals surface area contributed by atoms with Crippen LogP contribution in [0.3, 0.4) is 0 Å².